The van der Waals surface area contributed by atoms with Crippen molar-refractivity contribution in [2.45, 2.75) is 84.8 Å². The monoisotopic (exact) mass is 571 g/mol. The topological polar surface area (TPSA) is 124 Å². The highest BCUT2D eigenvalue weighted by atomic mass is 28.4. The van der Waals surface area contributed by atoms with Gasteiger partial charge in [-0.05, 0) is 66.7 Å². The number of nitriles is 1. The molecule has 8 nitrogen and oxygen atoms in total. The number of benzene rings is 1. The normalized spacial score (nSPS) is 28.3. The van der Waals surface area contributed by atoms with Crippen LogP contribution in [0.1, 0.15) is 59.1 Å². The minimum Gasteiger partial charge on any atom is -0.413 e. The third kappa shape index (κ3) is 5.73. The van der Waals surface area contributed by atoms with Gasteiger partial charge < -0.3 is 15.6 Å². The lowest BCUT2D eigenvalue weighted by Gasteiger charge is -2.36. The van der Waals surface area contributed by atoms with E-state index >= 15 is 0 Å². The predicted molar refractivity (Wildman–Crippen MR) is 171 cm³/mol. The Hall–Kier alpha value is -3.35. The molecule has 2 aromatic rings. The second-order valence-corrected chi connectivity index (χ2v) is 18.0. The van der Waals surface area contributed by atoms with Crippen LogP contribution < -0.4 is 10.6 Å². The first-order chi connectivity index (χ1) is 19.3. The van der Waals surface area contributed by atoms with E-state index in [4.69, 9.17) is 25.6 Å². The number of hydrogen-bond acceptors (Lipinski definition) is 8. The minimum absolute atomic E-state index is 0.0749. The molecule has 6 atom stereocenters. The van der Waals surface area contributed by atoms with E-state index in [-0.39, 0.29) is 40.3 Å². The van der Waals surface area contributed by atoms with Crippen molar-refractivity contribution in [3.05, 3.63) is 53.7 Å². The second-order valence-electron chi connectivity index (χ2n) is 13.2. The molecule has 1 saturated carbocycles. The van der Waals surface area contributed by atoms with E-state index in [9.17, 15) is 5.26 Å². The van der Waals surface area contributed by atoms with Crippen LogP contribution in [-0.4, -0.2) is 43.8 Å². The predicted octanol–water partition coefficient (Wildman–Crippen LogP) is 6.69. The zero-order valence-corrected chi connectivity index (χ0v) is 26.7. The highest BCUT2D eigenvalue weighted by Crippen LogP contribution is 2.63. The third-order valence-corrected chi connectivity index (χ3v) is 14.4. The van der Waals surface area contributed by atoms with Gasteiger partial charge in [0.25, 0.3) is 0 Å². The molecular weight excluding hydrogens is 526 g/mol. The molecule has 1 aromatic carbocycles. The number of nitrogens with one attached hydrogen (secondary N) is 1. The summed E-state index contributed by atoms with van der Waals surface area (Å²) in [4.78, 5) is 16.6. The highest BCUT2D eigenvalue weighted by molar-refractivity contribution is 6.74. The van der Waals surface area contributed by atoms with Crippen molar-refractivity contribution in [3.8, 4) is 6.07 Å². The molecule has 2 heterocycles. The summed E-state index contributed by atoms with van der Waals surface area (Å²) in [5.41, 5.74) is 8.76. The number of amidine groups is 1. The number of rotatable bonds is 7. The van der Waals surface area contributed by atoms with Gasteiger partial charge in [-0.1, -0.05) is 46.8 Å². The van der Waals surface area contributed by atoms with Gasteiger partial charge in [0, 0.05) is 35.9 Å². The summed E-state index contributed by atoms with van der Waals surface area (Å²) < 4.78 is 6.45. The summed E-state index contributed by atoms with van der Waals surface area (Å²) >= 11 is 0. The molecule has 1 fully saturated rings. The molecule has 1 aliphatic heterocycles. The Morgan fingerprint density at radius 1 is 1.17 bits per heavy atom. The van der Waals surface area contributed by atoms with E-state index in [1.165, 1.54) is 6.21 Å². The van der Waals surface area contributed by atoms with Gasteiger partial charge in [0.1, 0.15) is 11.7 Å². The fourth-order valence-electron chi connectivity index (χ4n) is 5.74. The lowest BCUT2D eigenvalue weighted by molar-refractivity contribution is 0.208. The van der Waals surface area contributed by atoms with Crippen molar-refractivity contribution in [3.63, 3.8) is 0 Å². The lowest BCUT2D eigenvalue weighted by Crippen LogP contribution is -2.40. The van der Waals surface area contributed by atoms with Gasteiger partial charge >= 0.3 is 0 Å². The number of nitrogens with zero attached hydrogens (tertiary/aromatic N) is 5. The van der Waals surface area contributed by atoms with Crippen molar-refractivity contribution in [2.24, 2.45) is 33.2 Å². The van der Waals surface area contributed by atoms with Crippen molar-refractivity contribution in [1.29, 1.82) is 10.7 Å². The fourth-order valence-corrected chi connectivity index (χ4v) is 6.70. The molecule has 1 aliphatic carbocycles. The first-order valence-electron chi connectivity index (χ1n) is 14.5. The van der Waals surface area contributed by atoms with Gasteiger partial charge in [-0.15, -0.1) is 0 Å². The van der Waals surface area contributed by atoms with Crippen molar-refractivity contribution in [2.75, 3.05) is 10.6 Å². The van der Waals surface area contributed by atoms with Crippen LogP contribution in [0, 0.1) is 39.9 Å². The second kappa shape index (κ2) is 11.5. The number of pyridine rings is 1. The Balaban J connectivity index is 1.78. The van der Waals surface area contributed by atoms with Crippen molar-refractivity contribution >= 4 is 38.2 Å². The maximum Gasteiger partial charge on any atom is 0.192 e. The number of nitrogens with two attached hydrogens (primary N) is 1. The molecule has 218 valence electrons. The molecule has 2 aliphatic rings. The average molecular weight is 572 g/mol. The molecule has 0 amide bonds. The largest absolute Gasteiger partial charge is 0.413 e. The maximum absolute atomic E-state index is 9.75. The van der Waals surface area contributed by atoms with Crippen LogP contribution in [-0.2, 0) is 11.0 Å². The molecule has 9 heteroatoms. The van der Waals surface area contributed by atoms with Crippen LogP contribution in [0.15, 0.2) is 52.6 Å². The van der Waals surface area contributed by atoms with E-state index in [0.29, 0.717) is 24.7 Å². The summed E-state index contributed by atoms with van der Waals surface area (Å²) in [6.07, 6.45) is 5.33. The number of hydrogen-bond donors (Lipinski definition) is 2. The number of fused-ring (bicyclic) bond motifs is 1. The average Bonchev–Trinajstić information content (AvgIpc) is 3.56. The van der Waals surface area contributed by atoms with Gasteiger partial charge in [-0.25, -0.2) is 4.98 Å². The first-order valence-corrected chi connectivity index (χ1v) is 17.4. The molecule has 41 heavy (non-hydrogen) atoms. The number of aliphatic imine (C=N–C) groups is 2. The quantitative estimate of drug-likeness (QED) is 0.283. The molecular formula is C32H45N7OSi. The van der Waals surface area contributed by atoms with Gasteiger partial charge in [0.05, 0.1) is 36.7 Å². The van der Waals surface area contributed by atoms with Gasteiger partial charge in [-0.2, -0.15) is 5.26 Å². The standard InChI is InChI=1S/C32H45N7OSi/c1-21-22(2)32(15-16-33)27(18-34)28(32)37-20-39(30(38-23(21)3)26-10-9-17-36-29(26)35)25-13-11-24(12-14-25)19-40-41(7,8)31(4,5)6/h9-14,17-18,20-23,27-28,34H,15,19H2,1-8H3,(H2,35,36)/t21-,22-,23-,27-,28?,32?/m0/s1. The lowest BCUT2D eigenvalue weighted by atomic mass is 9.75. The Bertz CT molecular complexity index is 1360. The van der Waals surface area contributed by atoms with Crippen LogP contribution in [0.2, 0.25) is 18.1 Å². The van der Waals surface area contributed by atoms with E-state index < -0.39 is 8.32 Å². The summed E-state index contributed by atoms with van der Waals surface area (Å²) in [6, 6.07) is 14.3. The molecule has 0 radical (unpaired) electrons. The Morgan fingerprint density at radius 2 is 1.85 bits per heavy atom. The smallest absolute Gasteiger partial charge is 0.192 e. The molecule has 0 bridgehead atoms. The molecule has 4 rings (SSSR count). The zero-order chi connectivity index (χ0) is 30.2. The van der Waals surface area contributed by atoms with Gasteiger partial charge in [0.15, 0.2) is 8.32 Å². The van der Waals surface area contributed by atoms with Crippen LogP contribution in [0.4, 0.5) is 11.5 Å². The molecule has 0 saturated heterocycles. The van der Waals surface area contributed by atoms with E-state index in [1.54, 1.807) is 6.20 Å². The number of nitrogen functional groups attached to an aromatic ring is 1. The molecule has 0 spiro atoms. The minimum atomic E-state index is -1.88. The van der Waals surface area contributed by atoms with Crippen LogP contribution in [0.5, 0.6) is 0 Å². The molecule has 3 N–H and O–H groups in total. The number of anilines is 2. The summed E-state index contributed by atoms with van der Waals surface area (Å²) in [5, 5.41) is 18.1. The van der Waals surface area contributed by atoms with E-state index in [0.717, 1.165) is 16.8 Å². The zero-order valence-electron chi connectivity index (χ0n) is 25.7. The van der Waals surface area contributed by atoms with Gasteiger partial charge in [-0.3, -0.25) is 14.9 Å². The Labute approximate surface area is 246 Å². The summed E-state index contributed by atoms with van der Waals surface area (Å²) in [7, 11) is -1.88. The van der Waals surface area contributed by atoms with E-state index in [2.05, 4.69) is 90.0 Å². The molecule has 2 unspecified atom stereocenters. The Morgan fingerprint density at radius 3 is 2.44 bits per heavy atom. The number of aromatic nitrogens is 1. The van der Waals surface area contributed by atoms with Crippen molar-refractivity contribution in [1.82, 2.24) is 4.98 Å². The summed E-state index contributed by atoms with van der Waals surface area (Å²) in [6.45, 7) is 18.3. The van der Waals surface area contributed by atoms with Crippen LogP contribution >= 0.6 is 0 Å². The highest BCUT2D eigenvalue weighted by Gasteiger charge is 2.67. The maximum atomic E-state index is 9.75. The third-order valence-electron chi connectivity index (χ3n) is 9.96. The SMILES string of the molecule is C[C@@H]1[C@H](C)N=C(c2cccnc2N)N(c2ccc(CO[Si](C)(C)C(C)(C)C)cc2)C=NC2[C@H](C=N)C2(CC#N)[C@H]1C. The van der Waals surface area contributed by atoms with Gasteiger partial charge in [0.2, 0.25) is 0 Å². The van der Waals surface area contributed by atoms with Crippen LogP contribution in [0.25, 0.3) is 0 Å². The molecule has 1 aromatic heterocycles. The summed E-state index contributed by atoms with van der Waals surface area (Å²) in [5.74, 6) is 1.29. The fraction of sp³-hybridized carbons (Fsp3) is 0.531. The first kappa shape index (κ1) is 30.6. The van der Waals surface area contributed by atoms with Crippen molar-refractivity contribution < 1.29 is 4.43 Å². The van der Waals surface area contributed by atoms with Crippen LogP contribution in [0.3, 0.4) is 0 Å². The Kier molecular flexibility index (Phi) is 8.58. The van der Waals surface area contributed by atoms with E-state index in [1.807, 2.05) is 23.4 Å².